The van der Waals surface area contributed by atoms with Crippen LogP contribution in [0.1, 0.15) is 24.3 Å². The van der Waals surface area contributed by atoms with Gasteiger partial charge in [-0.2, -0.15) is 18.3 Å². The molecular weight excluding hydrogens is 381 g/mol. The lowest BCUT2D eigenvalue weighted by atomic mass is 10.1. The highest BCUT2D eigenvalue weighted by Crippen LogP contribution is 2.27. The number of aromatic nitrogens is 2. The summed E-state index contributed by atoms with van der Waals surface area (Å²) in [6.07, 6.45) is -5.14. The number of ether oxygens (including phenoxy) is 1. The van der Waals surface area contributed by atoms with Gasteiger partial charge < -0.3 is 10.1 Å². The summed E-state index contributed by atoms with van der Waals surface area (Å²) in [4.78, 5) is 36.0. The number of amides is 3. The summed E-state index contributed by atoms with van der Waals surface area (Å²) >= 11 is 0. The summed E-state index contributed by atoms with van der Waals surface area (Å²) in [6.45, 7) is 1.28. The molecule has 0 fully saturated rings. The van der Waals surface area contributed by atoms with Gasteiger partial charge in [0.1, 0.15) is 6.54 Å². The first-order chi connectivity index (χ1) is 13.2. The molecule has 2 N–H and O–H groups in total. The van der Waals surface area contributed by atoms with Crippen LogP contribution in [0.4, 0.5) is 18.0 Å². The maximum atomic E-state index is 12.6. The predicted molar refractivity (Wildman–Crippen MR) is 89.7 cm³/mol. The molecule has 1 aromatic carbocycles. The smallest absolute Gasteiger partial charge is 0.435 e. The summed E-state index contributed by atoms with van der Waals surface area (Å²) in [6, 6.07) is 7.81. The second-order valence-corrected chi connectivity index (χ2v) is 5.53. The van der Waals surface area contributed by atoms with Gasteiger partial charge in [-0.3, -0.25) is 19.6 Å². The Hall–Kier alpha value is -3.37. The minimum atomic E-state index is -4.64. The van der Waals surface area contributed by atoms with Gasteiger partial charge in [0.25, 0.3) is 5.91 Å². The molecule has 1 aromatic heterocycles. The molecule has 0 bridgehead atoms. The molecular formula is C17H17F3N4O4. The van der Waals surface area contributed by atoms with E-state index in [-0.39, 0.29) is 12.1 Å². The molecule has 28 heavy (non-hydrogen) atoms. The highest BCUT2D eigenvalue weighted by atomic mass is 19.4. The number of imide groups is 1. The molecule has 0 saturated heterocycles. The average Bonchev–Trinajstić information content (AvgIpc) is 3.09. The number of carbonyl (C=O) groups is 3. The average molecular weight is 398 g/mol. The van der Waals surface area contributed by atoms with E-state index in [1.807, 2.05) is 5.32 Å². The number of nitrogens with one attached hydrogen (secondary N) is 2. The normalized spacial score (nSPS) is 12.1. The van der Waals surface area contributed by atoms with E-state index in [1.165, 1.54) is 12.1 Å². The molecule has 11 heteroatoms. The maximum absolute atomic E-state index is 12.6. The number of urea groups is 1. The van der Waals surface area contributed by atoms with Gasteiger partial charge in [-0.1, -0.05) is 30.3 Å². The van der Waals surface area contributed by atoms with Crippen LogP contribution in [0, 0.1) is 0 Å². The van der Waals surface area contributed by atoms with Crippen LogP contribution >= 0.6 is 0 Å². The lowest BCUT2D eigenvalue weighted by Gasteiger charge is -2.17. The van der Waals surface area contributed by atoms with Crippen LogP contribution < -0.4 is 10.6 Å². The van der Waals surface area contributed by atoms with Crippen molar-refractivity contribution in [1.82, 2.24) is 20.4 Å². The van der Waals surface area contributed by atoms with Crippen molar-refractivity contribution in [3.63, 3.8) is 0 Å². The Morgan fingerprint density at radius 3 is 2.43 bits per heavy atom. The van der Waals surface area contributed by atoms with E-state index in [9.17, 15) is 27.6 Å². The number of hydrogen-bond donors (Lipinski definition) is 2. The molecule has 0 aliphatic rings. The van der Waals surface area contributed by atoms with Crippen molar-refractivity contribution in [2.24, 2.45) is 0 Å². The topological polar surface area (TPSA) is 102 Å². The Kier molecular flexibility index (Phi) is 6.74. The Bertz CT molecular complexity index is 836. The summed E-state index contributed by atoms with van der Waals surface area (Å²) in [5.41, 5.74) is -0.872. The number of halogens is 3. The second kappa shape index (κ2) is 9.02. The summed E-state index contributed by atoms with van der Waals surface area (Å²) < 4.78 is 43.6. The molecule has 0 spiro atoms. The van der Waals surface area contributed by atoms with E-state index in [2.05, 4.69) is 10.4 Å². The minimum absolute atomic E-state index is 0.274. The summed E-state index contributed by atoms with van der Waals surface area (Å²) in [5, 5.41) is 7.64. The van der Waals surface area contributed by atoms with Crippen LogP contribution in [-0.2, 0) is 27.0 Å². The summed E-state index contributed by atoms with van der Waals surface area (Å²) in [5.74, 6) is -1.90. The first-order valence-corrected chi connectivity index (χ1v) is 8.14. The lowest BCUT2D eigenvalue weighted by Crippen LogP contribution is -2.42. The molecule has 2 aromatic rings. The van der Waals surface area contributed by atoms with Gasteiger partial charge in [-0.25, -0.2) is 4.79 Å². The van der Waals surface area contributed by atoms with E-state index >= 15 is 0 Å². The van der Waals surface area contributed by atoms with E-state index < -0.39 is 42.4 Å². The quantitative estimate of drug-likeness (QED) is 0.725. The van der Waals surface area contributed by atoms with Crippen molar-refractivity contribution >= 4 is 17.9 Å². The molecule has 0 saturated carbocycles. The van der Waals surface area contributed by atoms with Gasteiger partial charge in [-0.05, 0) is 13.0 Å². The van der Waals surface area contributed by atoms with Crippen molar-refractivity contribution in [2.45, 2.75) is 25.7 Å². The largest absolute Gasteiger partial charge is 0.446 e. The standard InChI is InChI=1S/C17H17F3N4O4/c1-2-21-16(27)22-15(26)14(11-6-4-3-5-7-11)28-13(25)10-24-9-8-12(23-24)17(18,19)20/h3-9,14H,2,10H2,1H3,(H2,21,22,26,27). The SMILES string of the molecule is CCNC(=O)NC(=O)C(OC(=O)Cn1ccc(C(F)(F)F)n1)c1ccccc1. The molecule has 1 heterocycles. The molecule has 3 amide bonds. The molecule has 150 valence electrons. The third kappa shape index (κ3) is 5.83. The molecule has 2 rings (SSSR count). The van der Waals surface area contributed by atoms with Gasteiger partial charge in [0.15, 0.2) is 5.69 Å². The molecule has 1 atom stereocenters. The number of carbonyl (C=O) groups excluding carboxylic acids is 3. The van der Waals surface area contributed by atoms with Gasteiger partial charge >= 0.3 is 18.2 Å². The Balaban J connectivity index is 2.11. The van der Waals surface area contributed by atoms with Crippen LogP contribution in [0.25, 0.3) is 0 Å². The van der Waals surface area contributed by atoms with E-state index in [4.69, 9.17) is 4.74 Å². The van der Waals surface area contributed by atoms with Crippen LogP contribution in [0.5, 0.6) is 0 Å². The highest BCUT2D eigenvalue weighted by Gasteiger charge is 2.34. The lowest BCUT2D eigenvalue weighted by molar-refractivity contribution is -0.157. The van der Waals surface area contributed by atoms with Crippen molar-refractivity contribution in [1.29, 1.82) is 0 Å². The molecule has 1 unspecified atom stereocenters. The first kappa shape index (κ1) is 20.9. The molecule has 0 aliphatic carbocycles. The van der Waals surface area contributed by atoms with Gasteiger partial charge in [0.2, 0.25) is 6.10 Å². The highest BCUT2D eigenvalue weighted by molar-refractivity contribution is 5.97. The van der Waals surface area contributed by atoms with Gasteiger partial charge in [0.05, 0.1) is 0 Å². The number of rotatable bonds is 6. The monoisotopic (exact) mass is 398 g/mol. The van der Waals surface area contributed by atoms with Gasteiger partial charge in [-0.15, -0.1) is 0 Å². The number of alkyl halides is 3. The third-order valence-corrected chi connectivity index (χ3v) is 3.39. The van der Waals surface area contributed by atoms with Crippen LogP contribution in [0.2, 0.25) is 0 Å². The molecule has 0 aliphatic heterocycles. The number of benzene rings is 1. The van der Waals surface area contributed by atoms with Crippen molar-refractivity contribution in [3.05, 3.63) is 53.9 Å². The number of hydrogen-bond acceptors (Lipinski definition) is 5. The molecule has 8 nitrogen and oxygen atoms in total. The fourth-order valence-electron chi connectivity index (χ4n) is 2.18. The zero-order valence-corrected chi connectivity index (χ0v) is 14.7. The zero-order chi connectivity index (χ0) is 20.7. The predicted octanol–water partition coefficient (Wildman–Crippen LogP) is 2.03. The van der Waals surface area contributed by atoms with Crippen LogP contribution in [-0.4, -0.2) is 34.2 Å². The number of esters is 1. The van der Waals surface area contributed by atoms with Gasteiger partial charge in [0, 0.05) is 18.3 Å². The summed E-state index contributed by atoms with van der Waals surface area (Å²) in [7, 11) is 0. The van der Waals surface area contributed by atoms with Crippen LogP contribution in [0.3, 0.4) is 0 Å². The first-order valence-electron chi connectivity index (χ1n) is 8.14. The van der Waals surface area contributed by atoms with Crippen molar-refractivity contribution < 1.29 is 32.3 Å². The van der Waals surface area contributed by atoms with Crippen molar-refractivity contribution in [3.8, 4) is 0 Å². The van der Waals surface area contributed by atoms with Crippen molar-refractivity contribution in [2.75, 3.05) is 6.54 Å². The van der Waals surface area contributed by atoms with E-state index in [0.29, 0.717) is 6.07 Å². The Morgan fingerprint density at radius 2 is 1.86 bits per heavy atom. The third-order valence-electron chi connectivity index (χ3n) is 3.39. The number of nitrogens with zero attached hydrogens (tertiary/aromatic N) is 2. The fraction of sp³-hybridized carbons (Fsp3) is 0.294. The minimum Gasteiger partial charge on any atom is -0.446 e. The second-order valence-electron chi connectivity index (χ2n) is 5.53. The van der Waals surface area contributed by atoms with Crippen LogP contribution in [0.15, 0.2) is 42.6 Å². The van der Waals surface area contributed by atoms with E-state index in [0.717, 1.165) is 10.9 Å². The zero-order valence-electron chi connectivity index (χ0n) is 14.7. The Labute approximate surface area is 157 Å². The fourth-order valence-corrected chi connectivity index (χ4v) is 2.18. The molecule has 0 radical (unpaired) electrons. The maximum Gasteiger partial charge on any atom is 0.435 e. The van der Waals surface area contributed by atoms with E-state index in [1.54, 1.807) is 25.1 Å². The Morgan fingerprint density at radius 1 is 1.18 bits per heavy atom.